The van der Waals surface area contributed by atoms with Crippen molar-refractivity contribution in [3.05, 3.63) is 70.3 Å². The number of nitrogens with one attached hydrogen (secondary N) is 1. The summed E-state index contributed by atoms with van der Waals surface area (Å²) in [6.45, 7) is 4.14. The normalized spacial score (nSPS) is 13.4. The molecular formula is C19H23N. The minimum Gasteiger partial charge on any atom is -0.309 e. The third-order valence-electron chi connectivity index (χ3n) is 4.31. The molecule has 0 aliphatic heterocycles. The Labute approximate surface area is 122 Å². The first kappa shape index (κ1) is 13.4. The Morgan fingerprint density at radius 1 is 0.900 bits per heavy atom. The highest BCUT2D eigenvalue weighted by atomic mass is 14.8. The second-order valence-electron chi connectivity index (χ2n) is 5.68. The van der Waals surface area contributed by atoms with E-state index in [2.05, 4.69) is 54.7 Å². The van der Waals surface area contributed by atoms with Gasteiger partial charge in [0.1, 0.15) is 0 Å². The van der Waals surface area contributed by atoms with E-state index in [1.165, 1.54) is 36.0 Å². The van der Waals surface area contributed by atoms with Gasteiger partial charge in [0.2, 0.25) is 0 Å². The Hall–Kier alpha value is -1.60. The van der Waals surface area contributed by atoms with Crippen LogP contribution in [0.15, 0.2) is 42.5 Å². The lowest BCUT2D eigenvalue weighted by molar-refractivity contribution is 0.688. The summed E-state index contributed by atoms with van der Waals surface area (Å²) in [7, 11) is 0. The van der Waals surface area contributed by atoms with Crippen molar-refractivity contribution in [2.24, 2.45) is 0 Å². The van der Waals surface area contributed by atoms with Gasteiger partial charge in [0.25, 0.3) is 0 Å². The summed E-state index contributed by atoms with van der Waals surface area (Å²) in [6.07, 6.45) is 4.97. The maximum atomic E-state index is 3.58. The van der Waals surface area contributed by atoms with Crippen LogP contribution in [0.2, 0.25) is 0 Å². The lowest BCUT2D eigenvalue weighted by atomic mass is 10.0. The third-order valence-corrected chi connectivity index (χ3v) is 4.31. The maximum Gasteiger partial charge on any atom is 0.0211 e. The summed E-state index contributed by atoms with van der Waals surface area (Å²) in [6, 6.07) is 15.7. The van der Waals surface area contributed by atoms with E-state index in [9.17, 15) is 0 Å². The van der Waals surface area contributed by atoms with Crippen molar-refractivity contribution in [3.63, 3.8) is 0 Å². The summed E-state index contributed by atoms with van der Waals surface area (Å²) in [5.74, 6) is 0. The summed E-state index contributed by atoms with van der Waals surface area (Å²) < 4.78 is 0. The molecule has 0 amide bonds. The van der Waals surface area contributed by atoms with Crippen molar-refractivity contribution in [1.82, 2.24) is 5.32 Å². The van der Waals surface area contributed by atoms with E-state index in [1.54, 1.807) is 11.1 Å². The highest BCUT2D eigenvalue weighted by Crippen LogP contribution is 2.22. The van der Waals surface area contributed by atoms with Crippen LogP contribution in [0.1, 0.15) is 41.2 Å². The molecule has 0 fully saturated rings. The first-order valence-corrected chi connectivity index (χ1v) is 7.75. The van der Waals surface area contributed by atoms with Gasteiger partial charge in [-0.2, -0.15) is 0 Å². The van der Waals surface area contributed by atoms with Crippen LogP contribution in [-0.4, -0.2) is 0 Å². The van der Waals surface area contributed by atoms with Gasteiger partial charge in [-0.25, -0.2) is 0 Å². The molecule has 1 aliphatic rings. The van der Waals surface area contributed by atoms with Crippen LogP contribution in [0.3, 0.4) is 0 Å². The van der Waals surface area contributed by atoms with Gasteiger partial charge in [0, 0.05) is 13.1 Å². The molecule has 0 heterocycles. The van der Waals surface area contributed by atoms with E-state index in [4.69, 9.17) is 0 Å². The van der Waals surface area contributed by atoms with Crippen LogP contribution in [0.4, 0.5) is 0 Å². The topological polar surface area (TPSA) is 12.0 Å². The van der Waals surface area contributed by atoms with Crippen LogP contribution in [0, 0.1) is 0 Å². The largest absolute Gasteiger partial charge is 0.309 e. The molecule has 0 bridgehead atoms. The van der Waals surface area contributed by atoms with Gasteiger partial charge in [-0.15, -0.1) is 0 Å². The lowest BCUT2D eigenvalue weighted by Gasteiger charge is -2.10. The highest BCUT2D eigenvalue weighted by Gasteiger charge is 2.10. The fourth-order valence-electron chi connectivity index (χ4n) is 3.15. The SMILES string of the molecule is CCc1ccccc1CNCc1ccc2c(c1)CCC2. The van der Waals surface area contributed by atoms with Gasteiger partial charge in [0.05, 0.1) is 0 Å². The molecule has 1 N–H and O–H groups in total. The van der Waals surface area contributed by atoms with Crippen molar-refractivity contribution in [2.75, 3.05) is 0 Å². The number of hydrogen-bond acceptors (Lipinski definition) is 1. The second-order valence-corrected chi connectivity index (χ2v) is 5.68. The molecule has 3 rings (SSSR count). The zero-order valence-corrected chi connectivity index (χ0v) is 12.3. The Balaban J connectivity index is 1.60. The Morgan fingerprint density at radius 3 is 2.55 bits per heavy atom. The molecule has 20 heavy (non-hydrogen) atoms. The molecule has 0 unspecified atom stereocenters. The number of fused-ring (bicyclic) bond motifs is 1. The smallest absolute Gasteiger partial charge is 0.0211 e. The minimum atomic E-state index is 0.959. The Kier molecular flexibility index (Phi) is 4.17. The van der Waals surface area contributed by atoms with Crippen LogP contribution in [-0.2, 0) is 32.4 Å². The van der Waals surface area contributed by atoms with Crippen molar-refractivity contribution in [1.29, 1.82) is 0 Å². The van der Waals surface area contributed by atoms with Crippen molar-refractivity contribution < 1.29 is 0 Å². The standard InChI is InChI=1S/C19H23N/c1-2-16-6-3-4-7-19(16)14-20-13-15-10-11-17-8-5-9-18(17)12-15/h3-4,6-7,10-12,20H,2,5,8-9,13-14H2,1H3. The number of aryl methyl sites for hydroxylation is 3. The summed E-state index contributed by atoms with van der Waals surface area (Å²) in [5, 5.41) is 3.58. The molecule has 1 aliphatic carbocycles. The van der Waals surface area contributed by atoms with E-state index >= 15 is 0 Å². The Bertz CT molecular complexity index is 586. The molecule has 0 saturated heterocycles. The van der Waals surface area contributed by atoms with Gasteiger partial charge >= 0.3 is 0 Å². The molecule has 1 nitrogen and oxygen atoms in total. The predicted molar refractivity (Wildman–Crippen MR) is 84.8 cm³/mol. The number of hydrogen-bond donors (Lipinski definition) is 1. The summed E-state index contributed by atoms with van der Waals surface area (Å²) >= 11 is 0. The Morgan fingerprint density at radius 2 is 1.70 bits per heavy atom. The molecule has 1 heteroatoms. The molecule has 0 aromatic heterocycles. The summed E-state index contributed by atoms with van der Waals surface area (Å²) in [4.78, 5) is 0. The number of benzene rings is 2. The van der Waals surface area contributed by atoms with Gasteiger partial charge < -0.3 is 5.32 Å². The molecule has 0 spiro atoms. The van der Waals surface area contributed by atoms with Crippen LogP contribution in [0.25, 0.3) is 0 Å². The average Bonchev–Trinajstić information content (AvgIpc) is 2.95. The predicted octanol–water partition coefficient (Wildman–Crippen LogP) is 4.03. The van der Waals surface area contributed by atoms with Gasteiger partial charge in [0.15, 0.2) is 0 Å². The molecule has 104 valence electrons. The molecule has 0 radical (unpaired) electrons. The number of rotatable bonds is 5. The van der Waals surface area contributed by atoms with Crippen molar-refractivity contribution in [2.45, 2.75) is 45.7 Å². The molecule has 0 atom stereocenters. The van der Waals surface area contributed by atoms with Crippen LogP contribution >= 0.6 is 0 Å². The zero-order valence-electron chi connectivity index (χ0n) is 12.3. The van der Waals surface area contributed by atoms with E-state index in [1.807, 2.05) is 0 Å². The van der Waals surface area contributed by atoms with E-state index in [0.29, 0.717) is 0 Å². The molecular weight excluding hydrogens is 242 g/mol. The fraction of sp³-hybridized carbons (Fsp3) is 0.368. The summed E-state index contributed by atoms with van der Waals surface area (Å²) in [5.41, 5.74) is 7.42. The zero-order chi connectivity index (χ0) is 13.8. The average molecular weight is 265 g/mol. The lowest BCUT2D eigenvalue weighted by Crippen LogP contribution is -2.14. The van der Waals surface area contributed by atoms with E-state index in [-0.39, 0.29) is 0 Å². The van der Waals surface area contributed by atoms with Crippen LogP contribution < -0.4 is 5.32 Å². The monoisotopic (exact) mass is 265 g/mol. The molecule has 0 saturated carbocycles. The fourth-order valence-corrected chi connectivity index (χ4v) is 3.15. The first-order chi connectivity index (χ1) is 9.86. The molecule has 2 aromatic carbocycles. The third kappa shape index (κ3) is 2.94. The maximum absolute atomic E-state index is 3.58. The van der Waals surface area contributed by atoms with Gasteiger partial charge in [-0.1, -0.05) is 49.4 Å². The highest BCUT2D eigenvalue weighted by molar-refractivity contribution is 5.35. The minimum absolute atomic E-state index is 0.959. The van der Waals surface area contributed by atoms with Gasteiger partial charge in [-0.05, 0) is 53.5 Å². The first-order valence-electron chi connectivity index (χ1n) is 7.75. The van der Waals surface area contributed by atoms with Crippen LogP contribution in [0.5, 0.6) is 0 Å². The van der Waals surface area contributed by atoms with E-state index in [0.717, 1.165) is 19.5 Å². The quantitative estimate of drug-likeness (QED) is 0.860. The van der Waals surface area contributed by atoms with Crippen molar-refractivity contribution in [3.8, 4) is 0 Å². The molecule has 2 aromatic rings. The van der Waals surface area contributed by atoms with Gasteiger partial charge in [-0.3, -0.25) is 0 Å². The second kappa shape index (κ2) is 6.23. The van der Waals surface area contributed by atoms with Crippen molar-refractivity contribution >= 4 is 0 Å². The van der Waals surface area contributed by atoms with E-state index < -0.39 is 0 Å².